The van der Waals surface area contributed by atoms with E-state index in [9.17, 15) is 4.79 Å². The summed E-state index contributed by atoms with van der Waals surface area (Å²) < 4.78 is 0. The maximum Gasteiger partial charge on any atom is 0.253 e. The summed E-state index contributed by atoms with van der Waals surface area (Å²) in [6.07, 6.45) is 1.12. The Hall–Kier alpha value is -0.120. The topological polar surface area (TPSA) is 17.1 Å². The van der Waals surface area contributed by atoms with Gasteiger partial charge >= 0.3 is 0 Å². The van der Waals surface area contributed by atoms with Crippen molar-refractivity contribution in [1.29, 1.82) is 0 Å². The molecular formula is C11H13ClOS2. The fourth-order valence-corrected chi connectivity index (χ4v) is 3.56. The standard InChI is InChI=1S/C11H13ClOS2/c1-3-8(2)14-15-10-7-5-4-6-9(10)11(12)13/h4-8H,3H2,1-2H3. The van der Waals surface area contributed by atoms with Crippen molar-refractivity contribution in [1.82, 2.24) is 0 Å². The predicted octanol–water partition coefficient (Wildman–Crippen LogP) is 4.60. The van der Waals surface area contributed by atoms with E-state index in [2.05, 4.69) is 13.8 Å². The third kappa shape index (κ3) is 4.09. The number of hydrogen-bond acceptors (Lipinski definition) is 3. The van der Waals surface area contributed by atoms with Crippen LogP contribution in [0.15, 0.2) is 29.2 Å². The molecule has 1 unspecified atom stereocenters. The van der Waals surface area contributed by atoms with E-state index in [0.717, 1.165) is 11.3 Å². The number of rotatable bonds is 5. The van der Waals surface area contributed by atoms with E-state index < -0.39 is 0 Å². The van der Waals surface area contributed by atoms with Crippen LogP contribution < -0.4 is 0 Å². The highest BCUT2D eigenvalue weighted by atomic mass is 35.5. The van der Waals surface area contributed by atoms with E-state index in [1.165, 1.54) is 0 Å². The highest BCUT2D eigenvalue weighted by molar-refractivity contribution is 8.77. The van der Waals surface area contributed by atoms with Gasteiger partial charge in [0.25, 0.3) is 5.24 Å². The van der Waals surface area contributed by atoms with Crippen LogP contribution in [0.2, 0.25) is 0 Å². The molecule has 1 nitrogen and oxygen atoms in total. The molecule has 0 aliphatic heterocycles. The molecule has 4 heteroatoms. The summed E-state index contributed by atoms with van der Waals surface area (Å²) in [5, 5.41) is 0.191. The highest BCUT2D eigenvalue weighted by Crippen LogP contribution is 2.37. The minimum Gasteiger partial charge on any atom is -0.276 e. The Kier molecular flexibility index (Phi) is 5.58. The van der Waals surface area contributed by atoms with Gasteiger partial charge in [0.1, 0.15) is 0 Å². The molecule has 1 rings (SSSR count). The van der Waals surface area contributed by atoms with Crippen LogP contribution in [0, 0.1) is 0 Å². The largest absolute Gasteiger partial charge is 0.276 e. The zero-order valence-electron chi connectivity index (χ0n) is 8.70. The fraction of sp³-hybridized carbons (Fsp3) is 0.364. The van der Waals surface area contributed by atoms with Crippen molar-refractivity contribution in [2.75, 3.05) is 0 Å². The third-order valence-corrected chi connectivity index (χ3v) is 5.29. The molecule has 0 bridgehead atoms. The summed E-state index contributed by atoms with van der Waals surface area (Å²) in [6, 6.07) is 7.43. The summed E-state index contributed by atoms with van der Waals surface area (Å²) in [4.78, 5) is 12.1. The Bertz CT molecular complexity index is 341. The summed E-state index contributed by atoms with van der Waals surface area (Å²) in [7, 11) is 3.39. The molecule has 1 aromatic carbocycles. The van der Waals surface area contributed by atoms with Crippen molar-refractivity contribution < 1.29 is 4.79 Å². The predicted molar refractivity (Wildman–Crippen MR) is 69.8 cm³/mol. The molecule has 0 amide bonds. The number of benzene rings is 1. The van der Waals surface area contributed by atoms with E-state index >= 15 is 0 Å². The smallest absolute Gasteiger partial charge is 0.253 e. The first-order chi connectivity index (χ1) is 7.15. The van der Waals surface area contributed by atoms with Crippen molar-refractivity contribution in [3.8, 4) is 0 Å². The summed E-state index contributed by atoms with van der Waals surface area (Å²) in [5.41, 5.74) is 0.597. The molecule has 0 aromatic heterocycles. The van der Waals surface area contributed by atoms with Gasteiger partial charge in [-0.1, -0.05) is 47.6 Å². The monoisotopic (exact) mass is 260 g/mol. The Balaban J connectivity index is 2.72. The molecule has 0 N–H and O–H groups in total. The molecule has 0 aliphatic carbocycles. The van der Waals surface area contributed by atoms with Gasteiger partial charge in [0.05, 0.1) is 0 Å². The normalized spacial score (nSPS) is 12.5. The van der Waals surface area contributed by atoms with Gasteiger partial charge in [-0.05, 0) is 30.2 Å². The average Bonchev–Trinajstić information content (AvgIpc) is 2.26. The van der Waals surface area contributed by atoms with Gasteiger partial charge in [-0.15, -0.1) is 0 Å². The quantitative estimate of drug-likeness (QED) is 0.569. The molecule has 1 aromatic rings. The van der Waals surface area contributed by atoms with Crippen LogP contribution in [0.3, 0.4) is 0 Å². The Morgan fingerprint density at radius 1 is 1.47 bits per heavy atom. The van der Waals surface area contributed by atoms with Crippen LogP contribution >= 0.6 is 33.2 Å². The first-order valence-corrected chi connectivity index (χ1v) is 7.36. The summed E-state index contributed by atoms with van der Waals surface area (Å²) in [5.74, 6) is 0. The lowest BCUT2D eigenvalue weighted by Crippen LogP contribution is -1.92. The first-order valence-electron chi connectivity index (χ1n) is 4.77. The second kappa shape index (κ2) is 6.46. The summed E-state index contributed by atoms with van der Waals surface area (Å²) >= 11 is 5.50. The second-order valence-electron chi connectivity index (χ2n) is 3.17. The SMILES string of the molecule is CCC(C)SSc1ccccc1C(=O)Cl. The highest BCUT2D eigenvalue weighted by Gasteiger charge is 2.10. The molecular weight excluding hydrogens is 248 g/mol. The zero-order valence-corrected chi connectivity index (χ0v) is 11.1. The molecule has 0 aliphatic rings. The maximum absolute atomic E-state index is 11.1. The lowest BCUT2D eigenvalue weighted by molar-refractivity contribution is 0.107. The van der Waals surface area contributed by atoms with Crippen LogP contribution in [0.4, 0.5) is 0 Å². The maximum atomic E-state index is 11.1. The first kappa shape index (κ1) is 12.9. The lowest BCUT2D eigenvalue weighted by Gasteiger charge is -2.08. The average molecular weight is 261 g/mol. The number of carbonyl (C=O) groups excluding carboxylic acids is 1. The molecule has 0 saturated carbocycles. The second-order valence-corrected chi connectivity index (χ2v) is 6.19. The van der Waals surface area contributed by atoms with Gasteiger partial charge in [-0.2, -0.15) is 0 Å². The fourth-order valence-electron chi connectivity index (χ4n) is 0.904. The molecule has 0 fully saturated rings. The van der Waals surface area contributed by atoms with Gasteiger partial charge in [0.15, 0.2) is 0 Å². The van der Waals surface area contributed by atoms with Crippen LogP contribution in [0.25, 0.3) is 0 Å². The van der Waals surface area contributed by atoms with E-state index in [-0.39, 0.29) is 5.24 Å². The van der Waals surface area contributed by atoms with Crippen molar-refractivity contribution in [3.63, 3.8) is 0 Å². The van der Waals surface area contributed by atoms with Crippen molar-refractivity contribution >= 4 is 38.4 Å². The number of carbonyl (C=O) groups is 1. The molecule has 0 spiro atoms. The van der Waals surface area contributed by atoms with Crippen molar-refractivity contribution in [3.05, 3.63) is 29.8 Å². The van der Waals surface area contributed by atoms with Gasteiger partial charge in [0, 0.05) is 15.7 Å². The van der Waals surface area contributed by atoms with Crippen molar-refractivity contribution in [2.45, 2.75) is 30.4 Å². The van der Waals surface area contributed by atoms with E-state index in [0.29, 0.717) is 10.8 Å². The van der Waals surface area contributed by atoms with Gasteiger partial charge in [-0.3, -0.25) is 4.79 Å². The van der Waals surface area contributed by atoms with Gasteiger partial charge < -0.3 is 0 Å². The summed E-state index contributed by atoms with van der Waals surface area (Å²) in [6.45, 7) is 4.32. The molecule has 15 heavy (non-hydrogen) atoms. The van der Waals surface area contributed by atoms with Gasteiger partial charge in [-0.25, -0.2) is 0 Å². The third-order valence-electron chi connectivity index (χ3n) is 1.98. The van der Waals surface area contributed by atoms with E-state index in [4.69, 9.17) is 11.6 Å². The molecule has 0 heterocycles. The lowest BCUT2D eigenvalue weighted by atomic mass is 10.2. The van der Waals surface area contributed by atoms with E-state index in [1.54, 1.807) is 27.7 Å². The molecule has 0 radical (unpaired) electrons. The van der Waals surface area contributed by atoms with E-state index in [1.807, 2.05) is 18.2 Å². The number of halogens is 1. The molecule has 82 valence electrons. The minimum atomic E-state index is -0.386. The van der Waals surface area contributed by atoms with Crippen molar-refractivity contribution in [2.24, 2.45) is 0 Å². The Morgan fingerprint density at radius 2 is 2.13 bits per heavy atom. The molecule has 1 atom stereocenters. The Labute approximate surface area is 103 Å². The minimum absolute atomic E-state index is 0.386. The zero-order chi connectivity index (χ0) is 11.3. The van der Waals surface area contributed by atoms with Crippen LogP contribution in [0.5, 0.6) is 0 Å². The number of hydrogen-bond donors (Lipinski definition) is 0. The Morgan fingerprint density at radius 3 is 2.73 bits per heavy atom. The van der Waals surface area contributed by atoms with Crippen LogP contribution in [-0.4, -0.2) is 10.5 Å². The van der Waals surface area contributed by atoms with Crippen LogP contribution in [-0.2, 0) is 0 Å². The van der Waals surface area contributed by atoms with Crippen LogP contribution in [0.1, 0.15) is 30.6 Å². The molecule has 0 saturated heterocycles. The van der Waals surface area contributed by atoms with Gasteiger partial charge in [0.2, 0.25) is 0 Å².